The van der Waals surface area contributed by atoms with Gasteiger partial charge in [0.05, 0.1) is 5.56 Å². The standard InChI is InChI=1S/C17H14ClFN4O2/c1-9(2)16-20-21-22-23(16)14-8-10(7-12(15(14)19)17(24)25)11-5-3-4-6-13(11)18/h3-9H,1-2H3,(H,24,25). The van der Waals surface area contributed by atoms with Crippen LogP contribution in [0.3, 0.4) is 0 Å². The van der Waals surface area contributed by atoms with Gasteiger partial charge in [-0.3, -0.25) is 0 Å². The van der Waals surface area contributed by atoms with Gasteiger partial charge in [0.15, 0.2) is 11.6 Å². The summed E-state index contributed by atoms with van der Waals surface area (Å²) in [7, 11) is 0. The monoisotopic (exact) mass is 360 g/mol. The molecule has 25 heavy (non-hydrogen) atoms. The number of hydrogen-bond donors (Lipinski definition) is 1. The van der Waals surface area contributed by atoms with Gasteiger partial charge >= 0.3 is 5.97 Å². The summed E-state index contributed by atoms with van der Waals surface area (Å²) in [5.41, 5.74) is 0.540. The summed E-state index contributed by atoms with van der Waals surface area (Å²) in [5, 5.41) is 21.1. The summed E-state index contributed by atoms with van der Waals surface area (Å²) in [6.45, 7) is 3.71. The van der Waals surface area contributed by atoms with Gasteiger partial charge in [-0.25, -0.2) is 9.18 Å². The molecule has 0 amide bonds. The van der Waals surface area contributed by atoms with Crippen LogP contribution >= 0.6 is 11.6 Å². The Morgan fingerprint density at radius 2 is 2.00 bits per heavy atom. The van der Waals surface area contributed by atoms with Gasteiger partial charge in [-0.1, -0.05) is 43.6 Å². The Kier molecular flexibility index (Phi) is 4.50. The first kappa shape index (κ1) is 17.0. The molecule has 1 heterocycles. The summed E-state index contributed by atoms with van der Waals surface area (Å²) in [6, 6.07) is 9.67. The molecular weight excluding hydrogens is 347 g/mol. The summed E-state index contributed by atoms with van der Waals surface area (Å²) in [5.74, 6) is -1.94. The summed E-state index contributed by atoms with van der Waals surface area (Å²) < 4.78 is 16.0. The molecule has 6 nitrogen and oxygen atoms in total. The van der Waals surface area contributed by atoms with Crippen molar-refractivity contribution >= 4 is 17.6 Å². The Morgan fingerprint density at radius 3 is 2.64 bits per heavy atom. The van der Waals surface area contributed by atoms with Crippen LogP contribution in [-0.2, 0) is 0 Å². The second-order valence-corrected chi connectivity index (χ2v) is 6.15. The van der Waals surface area contributed by atoms with Crippen molar-refractivity contribution in [3.05, 3.63) is 58.6 Å². The molecule has 0 aliphatic rings. The van der Waals surface area contributed by atoms with Gasteiger partial charge in [0.2, 0.25) is 0 Å². The molecule has 8 heteroatoms. The van der Waals surface area contributed by atoms with Crippen molar-refractivity contribution in [2.45, 2.75) is 19.8 Å². The zero-order chi connectivity index (χ0) is 18.1. The molecule has 2 aromatic carbocycles. The van der Waals surface area contributed by atoms with Crippen LogP contribution in [0.1, 0.15) is 35.9 Å². The average molecular weight is 361 g/mol. The number of carboxylic acids is 1. The number of benzene rings is 2. The minimum atomic E-state index is -1.38. The maximum Gasteiger partial charge on any atom is 0.338 e. The summed E-state index contributed by atoms with van der Waals surface area (Å²) in [4.78, 5) is 11.5. The first-order valence-electron chi connectivity index (χ1n) is 7.50. The number of nitrogens with zero attached hydrogens (tertiary/aromatic N) is 4. The van der Waals surface area contributed by atoms with E-state index >= 15 is 0 Å². The lowest BCUT2D eigenvalue weighted by Gasteiger charge is -2.13. The SMILES string of the molecule is CC(C)c1nnnn1-c1cc(-c2ccccc2Cl)cc(C(=O)O)c1F. The fourth-order valence-electron chi connectivity index (χ4n) is 2.50. The third kappa shape index (κ3) is 3.10. The normalized spacial score (nSPS) is 11.1. The largest absolute Gasteiger partial charge is 0.478 e. The predicted molar refractivity (Wildman–Crippen MR) is 90.6 cm³/mol. The Hall–Kier alpha value is -2.80. The molecule has 0 aliphatic carbocycles. The van der Waals surface area contributed by atoms with Gasteiger partial charge in [0.1, 0.15) is 5.69 Å². The van der Waals surface area contributed by atoms with Crippen molar-refractivity contribution in [3.63, 3.8) is 0 Å². The number of carboxylic acid groups (broad SMARTS) is 1. The molecule has 1 N–H and O–H groups in total. The van der Waals surface area contributed by atoms with E-state index in [1.54, 1.807) is 24.3 Å². The molecule has 0 fully saturated rings. The second-order valence-electron chi connectivity index (χ2n) is 5.75. The molecule has 0 saturated heterocycles. The smallest absolute Gasteiger partial charge is 0.338 e. The number of halogens is 2. The minimum Gasteiger partial charge on any atom is -0.478 e. The number of tetrazole rings is 1. The molecule has 0 bridgehead atoms. The molecule has 0 spiro atoms. The van der Waals surface area contributed by atoms with E-state index in [-0.39, 0.29) is 11.6 Å². The summed E-state index contributed by atoms with van der Waals surface area (Å²) in [6.07, 6.45) is 0. The minimum absolute atomic E-state index is 0.0384. The number of carbonyl (C=O) groups is 1. The van der Waals surface area contributed by atoms with Crippen LogP contribution in [0.2, 0.25) is 5.02 Å². The highest BCUT2D eigenvalue weighted by Gasteiger charge is 2.22. The zero-order valence-electron chi connectivity index (χ0n) is 13.4. The molecule has 0 saturated carbocycles. The van der Waals surface area contributed by atoms with Crippen LogP contribution in [0.25, 0.3) is 16.8 Å². The van der Waals surface area contributed by atoms with Gasteiger partial charge in [-0.2, -0.15) is 4.68 Å². The van der Waals surface area contributed by atoms with E-state index in [4.69, 9.17) is 11.6 Å². The highest BCUT2D eigenvalue weighted by atomic mass is 35.5. The van der Waals surface area contributed by atoms with E-state index in [1.807, 2.05) is 13.8 Å². The topological polar surface area (TPSA) is 80.9 Å². The molecule has 0 radical (unpaired) electrons. The van der Waals surface area contributed by atoms with Gasteiger partial charge in [0.25, 0.3) is 0 Å². The Morgan fingerprint density at radius 1 is 1.28 bits per heavy atom. The molecule has 0 unspecified atom stereocenters. The van der Waals surface area contributed by atoms with Crippen LogP contribution < -0.4 is 0 Å². The molecule has 3 rings (SSSR count). The van der Waals surface area contributed by atoms with E-state index in [9.17, 15) is 14.3 Å². The fraction of sp³-hybridized carbons (Fsp3) is 0.176. The van der Waals surface area contributed by atoms with Gasteiger partial charge in [-0.15, -0.1) is 5.10 Å². The zero-order valence-corrected chi connectivity index (χ0v) is 14.2. The van der Waals surface area contributed by atoms with Gasteiger partial charge in [-0.05, 0) is 34.2 Å². The maximum atomic E-state index is 14.8. The second kappa shape index (κ2) is 6.60. The van der Waals surface area contributed by atoms with Crippen molar-refractivity contribution in [1.82, 2.24) is 20.2 Å². The third-order valence-corrected chi connectivity index (χ3v) is 4.04. The van der Waals surface area contributed by atoms with E-state index in [2.05, 4.69) is 15.5 Å². The number of aromatic carboxylic acids is 1. The first-order valence-corrected chi connectivity index (χ1v) is 7.88. The highest BCUT2D eigenvalue weighted by molar-refractivity contribution is 6.33. The molecule has 128 valence electrons. The average Bonchev–Trinajstić information content (AvgIpc) is 3.05. The van der Waals surface area contributed by atoms with E-state index in [1.165, 1.54) is 16.8 Å². The van der Waals surface area contributed by atoms with Crippen LogP contribution in [0.5, 0.6) is 0 Å². The number of hydrogen-bond acceptors (Lipinski definition) is 4. The molecule has 0 atom stereocenters. The first-order chi connectivity index (χ1) is 11.9. The van der Waals surface area contributed by atoms with Crippen LogP contribution in [0.15, 0.2) is 36.4 Å². The highest BCUT2D eigenvalue weighted by Crippen LogP contribution is 2.32. The van der Waals surface area contributed by atoms with Gasteiger partial charge < -0.3 is 5.11 Å². The number of rotatable bonds is 4. The lowest BCUT2D eigenvalue weighted by molar-refractivity contribution is 0.0692. The Bertz CT molecular complexity index is 956. The van der Waals surface area contributed by atoms with Crippen LogP contribution in [0.4, 0.5) is 4.39 Å². The molecule has 0 aliphatic heterocycles. The Balaban J connectivity index is 2.30. The van der Waals surface area contributed by atoms with E-state index in [0.29, 0.717) is 22.0 Å². The van der Waals surface area contributed by atoms with Crippen LogP contribution in [-0.4, -0.2) is 31.3 Å². The maximum absolute atomic E-state index is 14.8. The Labute approximate surface area is 147 Å². The lowest BCUT2D eigenvalue weighted by atomic mass is 10.0. The summed E-state index contributed by atoms with van der Waals surface area (Å²) >= 11 is 6.20. The predicted octanol–water partition coefficient (Wildman–Crippen LogP) is 3.94. The number of aromatic nitrogens is 4. The van der Waals surface area contributed by atoms with Crippen LogP contribution in [0, 0.1) is 5.82 Å². The molecule has 1 aromatic heterocycles. The molecule has 3 aromatic rings. The van der Waals surface area contributed by atoms with E-state index < -0.39 is 17.3 Å². The lowest BCUT2D eigenvalue weighted by Crippen LogP contribution is -2.11. The fourth-order valence-corrected chi connectivity index (χ4v) is 2.74. The van der Waals surface area contributed by atoms with E-state index in [0.717, 1.165) is 0 Å². The van der Waals surface area contributed by atoms with Crippen molar-refractivity contribution in [2.24, 2.45) is 0 Å². The third-order valence-electron chi connectivity index (χ3n) is 3.71. The van der Waals surface area contributed by atoms with Crippen molar-refractivity contribution in [2.75, 3.05) is 0 Å². The van der Waals surface area contributed by atoms with Crippen molar-refractivity contribution in [3.8, 4) is 16.8 Å². The van der Waals surface area contributed by atoms with Gasteiger partial charge in [0, 0.05) is 16.5 Å². The van der Waals surface area contributed by atoms with Crippen molar-refractivity contribution in [1.29, 1.82) is 0 Å². The van der Waals surface area contributed by atoms with Crippen molar-refractivity contribution < 1.29 is 14.3 Å². The molecular formula is C17H14ClFN4O2. The quantitative estimate of drug-likeness (QED) is 0.762.